The molecule has 3 rings (SSSR count). The number of aromatic nitrogens is 2. The number of carbonyl (C=O) groups is 1. The van der Waals surface area contributed by atoms with Crippen LogP contribution >= 0.6 is 11.3 Å². The number of piperidine rings is 1. The largest absolute Gasteiger partial charge is 0.390 e. The Morgan fingerprint density at radius 1 is 1.48 bits per heavy atom. The number of nitrogens with zero attached hydrogens (tertiary/aromatic N) is 3. The van der Waals surface area contributed by atoms with E-state index in [0.29, 0.717) is 12.5 Å². The van der Waals surface area contributed by atoms with Crippen LogP contribution < -0.4 is 5.32 Å². The minimum Gasteiger partial charge on any atom is -0.390 e. The number of likely N-dealkylation sites (tertiary alicyclic amines) is 1. The highest BCUT2D eigenvalue weighted by Crippen LogP contribution is 2.20. The predicted molar refractivity (Wildman–Crippen MR) is 89.7 cm³/mol. The Morgan fingerprint density at radius 3 is 2.91 bits per heavy atom. The van der Waals surface area contributed by atoms with Crippen molar-refractivity contribution in [1.29, 1.82) is 0 Å². The number of ketones is 1. The van der Waals surface area contributed by atoms with Gasteiger partial charge in [-0.2, -0.15) is 0 Å². The Labute approximate surface area is 139 Å². The van der Waals surface area contributed by atoms with E-state index in [9.17, 15) is 9.90 Å². The second-order valence-electron chi connectivity index (χ2n) is 5.79. The van der Waals surface area contributed by atoms with E-state index in [1.165, 1.54) is 11.3 Å². The zero-order valence-corrected chi connectivity index (χ0v) is 13.8. The summed E-state index contributed by atoms with van der Waals surface area (Å²) in [5.74, 6) is 0.654. The third kappa shape index (κ3) is 4.13. The van der Waals surface area contributed by atoms with Crippen molar-refractivity contribution in [1.82, 2.24) is 14.9 Å². The molecule has 2 aromatic heterocycles. The lowest BCUT2D eigenvalue weighted by Crippen LogP contribution is -2.49. The molecule has 0 radical (unpaired) electrons. The van der Waals surface area contributed by atoms with Gasteiger partial charge in [-0.05, 0) is 36.4 Å². The summed E-state index contributed by atoms with van der Waals surface area (Å²) in [5, 5.41) is 15.6. The molecule has 1 aliphatic heterocycles. The van der Waals surface area contributed by atoms with Gasteiger partial charge in [-0.15, -0.1) is 11.3 Å². The van der Waals surface area contributed by atoms with Crippen molar-refractivity contribution in [2.45, 2.75) is 32.0 Å². The molecule has 2 aromatic rings. The minimum absolute atomic E-state index is 0.0381. The molecule has 0 amide bonds. The zero-order chi connectivity index (χ0) is 16.2. The van der Waals surface area contributed by atoms with Crippen molar-refractivity contribution >= 4 is 23.1 Å². The first kappa shape index (κ1) is 16.0. The van der Waals surface area contributed by atoms with Gasteiger partial charge >= 0.3 is 0 Å². The van der Waals surface area contributed by atoms with Crippen molar-refractivity contribution < 1.29 is 9.90 Å². The third-order valence-corrected chi connectivity index (χ3v) is 5.03. The van der Waals surface area contributed by atoms with Gasteiger partial charge in [0.2, 0.25) is 5.95 Å². The van der Waals surface area contributed by atoms with E-state index in [0.717, 1.165) is 30.0 Å². The van der Waals surface area contributed by atoms with E-state index in [1.54, 1.807) is 25.4 Å². The number of nitrogens with one attached hydrogen (secondary N) is 1. The molecule has 1 aliphatic rings. The van der Waals surface area contributed by atoms with Gasteiger partial charge in [0, 0.05) is 32.0 Å². The fourth-order valence-electron chi connectivity index (χ4n) is 2.75. The van der Waals surface area contributed by atoms with Crippen LogP contribution in [0.15, 0.2) is 29.9 Å². The van der Waals surface area contributed by atoms with Gasteiger partial charge in [0.1, 0.15) is 0 Å². The summed E-state index contributed by atoms with van der Waals surface area (Å²) in [5.41, 5.74) is 1.13. The molecule has 2 atom stereocenters. The van der Waals surface area contributed by atoms with Crippen LogP contribution in [0.5, 0.6) is 0 Å². The van der Waals surface area contributed by atoms with Gasteiger partial charge in [0.05, 0.1) is 17.0 Å². The Kier molecular flexibility index (Phi) is 5.00. The quantitative estimate of drug-likeness (QED) is 0.813. The number of hydrogen-bond donors (Lipinski definition) is 2. The molecule has 2 N–H and O–H groups in total. The van der Waals surface area contributed by atoms with Gasteiger partial charge < -0.3 is 10.4 Å². The molecule has 0 aliphatic carbocycles. The van der Waals surface area contributed by atoms with E-state index in [1.807, 2.05) is 11.4 Å². The normalized spacial score (nSPS) is 22.0. The highest BCUT2D eigenvalue weighted by atomic mass is 32.1. The summed E-state index contributed by atoms with van der Waals surface area (Å²) in [6.07, 6.45) is 3.71. The van der Waals surface area contributed by atoms with Crippen LogP contribution in [0.25, 0.3) is 0 Å². The highest BCUT2D eigenvalue weighted by molar-refractivity contribution is 7.12. The van der Waals surface area contributed by atoms with E-state index >= 15 is 0 Å². The molecule has 7 heteroatoms. The van der Waals surface area contributed by atoms with Crippen molar-refractivity contribution in [3.63, 3.8) is 0 Å². The van der Waals surface area contributed by atoms with Gasteiger partial charge in [-0.3, -0.25) is 9.69 Å². The van der Waals surface area contributed by atoms with Crippen LogP contribution in [-0.2, 0) is 6.54 Å². The van der Waals surface area contributed by atoms with Gasteiger partial charge in [-0.25, -0.2) is 9.97 Å². The maximum Gasteiger partial charge on any atom is 0.222 e. The van der Waals surface area contributed by atoms with Crippen molar-refractivity contribution in [2.24, 2.45) is 0 Å². The smallest absolute Gasteiger partial charge is 0.222 e. The number of Topliss-reactive ketones (excluding diaryl/α,β-unsaturated/α-hetero) is 1. The molecular weight excluding hydrogens is 312 g/mol. The van der Waals surface area contributed by atoms with E-state index in [-0.39, 0.29) is 11.8 Å². The van der Waals surface area contributed by atoms with Crippen LogP contribution in [0.3, 0.4) is 0 Å². The molecule has 3 heterocycles. The van der Waals surface area contributed by atoms with Crippen LogP contribution in [0.1, 0.15) is 28.6 Å². The summed E-state index contributed by atoms with van der Waals surface area (Å²) in [7, 11) is 0. The topological polar surface area (TPSA) is 78.4 Å². The van der Waals surface area contributed by atoms with E-state index < -0.39 is 6.10 Å². The van der Waals surface area contributed by atoms with E-state index in [2.05, 4.69) is 20.2 Å². The SMILES string of the molecule is CC(=O)c1cc(CN2CCC(Nc3ncccn3)C(O)C2)cs1. The molecule has 2 unspecified atom stereocenters. The van der Waals surface area contributed by atoms with Crippen molar-refractivity contribution in [3.05, 3.63) is 40.3 Å². The highest BCUT2D eigenvalue weighted by Gasteiger charge is 2.28. The monoisotopic (exact) mass is 332 g/mol. The molecule has 23 heavy (non-hydrogen) atoms. The second-order valence-corrected chi connectivity index (χ2v) is 6.70. The maximum absolute atomic E-state index is 11.4. The summed E-state index contributed by atoms with van der Waals surface area (Å²) in [6.45, 7) is 3.82. The summed E-state index contributed by atoms with van der Waals surface area (Å²) in [4.78, 5) is 22.6. The first-order chi connectivity index (χ1) is 11.1. The number of anilines is 1. The lowest BCUT2D eigenvalue weighted by Gasteiger charge is -2.36. The Bertz CT molecular complexity index is 661. The lowest BCUT2D eigenvalue weighted by molar-refractivity contribution is 0.0560. The number of aliphatic hydroxyl groups excluding tert-OH is 1. The average Bonchev–Trinajstić information content (AvgIpc) is 3.00. The average molecular weight is 332 g/mol. The molecule has 122 valence electrons. The fraction of sp³-hybridized carbons (Fsp3) is 0.438. The molecule has 1 fully saturated rings. The van der Waals surface area contributed by atoms with Crippen LogP contribution in [0.4, 0.5) is 5.95 Å². The first-order valence-corrected chi connectivity index (χ1v) is 8.52. The number of hydrogen-bond acceptors (Lipinski definition) is 7. The summed E-state index contributed by atoms with van der Waals surface area (Å²) >= 11 is 1.48. The predicted octanol–water partition coefficient (Wildman–Crippen LogP) is 1.79. The second kappa shape index (κ2) is 7.16. The number of carbonyl (C=O) groups excluding carboxylic acids is 1. The molecule has 0 aromatic carbocycles. The molecule has 6 nitrogen and oxygen atoms in total. The van der Waals surface area contributed by atoms with Crippen molar-refractivity contribution in [2.75, 3.05) is 18.4 Å². The fourth-order valence-corrected chi connectivity index (χ4v) is 3.56. The molecule has 0 saturated carbocycles. The Balaban J connectivity index is 1.54. The van der Waals surface area contributed by atoms with Crippen LogP contribution in [0, 0.1) is 0 Å². The van der Waals surface area contributed by atoms with E-state index in [4.69, 9.17) is 0 Å². The number of rotatable bonds is 5. The van der Waals surface area contributed by atoms with Crippen LogP contribution in [0.2, 0.25) is 0 Å². The van der Waals surface area contributed by atoms with Gasteiger partial charge in [-0.1, -0.05) is 0 Å². The number of thiophene rings is 1. The molecule has 1 saturated heterocycles. The zero-order valence-electron chi connectivity index (χ0n) is 13.0. The van der Waals surface area contributed by atoms with Gasteiger partial charge in [0.25, 0.3) is 0 Å². The maximum atomic E-state index is 11.4. The summed E-state index contributed by atoms with van der Waals surface area (Å²) in [6, 6.07) is 3.67. The number of aliphatic hydroxyl groups is 1. The standard InChI is InChI=1S/C16H20N4O2S/c1-11(21)15-7-12(10-23-15)8-20-6-3-13(14(22)9-20)19-16-17-4-2-5-18-16/h2,4-5,7,10,13-14,22H,3,6,8-9H2,1H3,(H,17,18,19). The Hall–Kier alpha value is -1.83. The molecule has 0 spiro atoms. The third-order valence-electron chi connectivity index (χ3n) is 3.95. The Morgan fingerprint density at radius 2 is 2.26 bits per heavy atom. The number of β-amino-alcohol motifs (C(OH)–C–C–N with tert-alkyl or cyclic N) is 1. The van der Waals surface area contributed by atoms with Crippen molar-refractivity contribution in [3.8, 4) is 0 Å². The lowest BCUT2D eigenvalue weighted by atomic mass is 10.0. The first-order valence-electron chi connectivity index (χ1n) is 7.64. The summed E-state index contributed by atoms with van der Waals surface area (Å²) < 4.78 is 0. The molecule has 0 bridgehead atoms. The molecular formula is C16H20N4O2S. The van der Waals surface area contributed by atoms with Crippen LogP contribution in [-0.4, -0.2) is 51.0 Å². The van der Waals surface area contributed by atoms with Gasteiger partial charge in [0.15, 0.2) is 5.78 Å². The minimum atomic E-state index is -0.474.